The highest BCUT2D eigenvalue weighted by Crippen LogP contribution is 2.17. The van der Waals surface area contributed by atoms with Gasteiger partial charge in [0.15, 0.2) is 0 Å². The van der Waals surface area contributed by atoms with Crippen molar-refractivity contribution >= 4 is 17.3 Å². The lowest BCUT2D eigenvalue weighted by Gasteiger charge is -2.22. The van der Waals surface area contributed by atoms with Gasteiger partial charge in [-0.15, -0.1) is 0 Å². The van der Waals surface area contributed by atoms with Gasteiger partial charge in [-0.05, 0) is 38.1 Å². The lowest BCUT2D eigenvalue weighted by atomic mass is 10.2. The van der Waals surface area contributed by atoms with Crippen molar-refractivity contribution in [2.45, 2.75) is 20.4 Å². The largest absolute Gasteiger partial charge is 0.364 e. The fraction of sp³-hybridized carbons (Fsp3) is 0.286. The van der Waals surface area contributed by atoms with Crippen LogP contribution in [0, 0.1) is 12.7 Å². The van der Waals surface area contributed by atoms with Crippen LogP contribution in [0.5, 0.6) is 0 Å². The third-order valence-corrected chi connectivity index (χ3v) is 2.95. The molecular formula is C14H15ClFN3. The third kappa shape index (κ3) is 3.64. The molecule has 0 unspecified atom stereocenters. The van der Waals surface area contributed by atoms with Crippen molar-refractivity contribution in [3.63, 3.8) is 0 Å². The van der Waals surface area contributed by atoms with Gasteiger partial charge >= 0.3 is 0 Å². The Morgan fingerprint density at radius 1 is 1.26 bits per heavy atom. The maximum atomic E-state index is 13.3. The van der Waals surface area contributed by atoms with E-state index >= 15 is 0 Å². The summed E-state index contributed by atoms with van der Waals surface area (Å²) in [6, 6.07) is 8.20. The number of nitrogens with zero attached hydrogens (tertiary/aromatic N) is 3. The van der Waals surface area contributed by atoms with Gasteiger partial charge in [0.1, 0.15) is 16.8 Å². The Kier molecular flexibility index (Phi) is 4.32. The SMILES string of the molecule is CCN(Cc1nc(C)cc(Cl)n1)c1cccc(F)c1. The summed E-state index contributed by atoms with van der Waals surface area (Å²) in [4.78, 5) is 10.5. The van der Waals surface area contributed by atoms with E-state index in [0.717, 1.165) is 17.9 Å². The molecule has 2 rings (SSSR count). The normalized spacial score (nSPS) is 10.5. The van der Waals surface area contributed by atoms with Crippen LogP contribution in [-0.4, -0.2) is 16.5 Å². The Morgan fingerprint density at radius 3 is 2.68 bits per heavy atom. The highest BCUT2D eigenvalue weighted by Gasteiger charge is 2.09. The van der Waals surface area contributed by atoms with Crippen LogP contribution in [0.2, 0.25) is 5.15 Å². The zero-order valence-corrected chi connectivity index (χ0v) is 11.7. The summed E-state index contributed by atoms with van der Waals surface area (Å²) < 4.78 is 13.3. The number of hydrogen-bond acceptors (Lipinski definition) is 3. The maximum absolute atomic E-state index is 13.3. The van der Waals surface area contributed by atoms with E-state index < -0.39 is 0 Å². The average molecular weight is 280 g/mol. The highest BCUT2D eigenvalue weighted by molar-refractivity contribution is 6.29. The van der Waals surface area contributed by atoms with Gasteiger partial charge < -0.3 is 4.90 Å². The smallest absolute Gasteiger partial charge is 0.149 e. The topological polar surface area (TPSA) is 29.0 Å². The van der Waals surface area contributed by atoms with E-state index in [0.29, 0.717) is 17.5 Å². The van der Waals surface area contributed by atoms with Crippen LogP contribution in [0.15, 0.2) is 30.3 Å². The van der Waals surface area contributed by atoms with Crippen LogP contribution in [0.1, 0.15) is 18.4 Å². The molecule has 0 radical (unpaired) electrons. The quantitative estimate of drug-likeness (QED) is 0.801. The average Bonchev–Trinajstić information content (AvgIpc) is 2.34. The number of aryl methyl sites for hydroxylation is 1. The van der Waals surface area contributed by atoms with Crippen molar-refractivity contribution in [1.82, 2.24) is 9.97 Å². The van der Waals surface area contributed by atoms with E-state index in [1.165, 1.54) is 12.1 Å². The van der Waals surface area contributed by atoms with Crippen LogP contribution in [0.25, 0.3) is 0 Å². The molecule has 1 aromatic carbocycles. The predicted octanol–water partition coefficient (Wildman–Crippen LogP) is 3.60. The van der Waals surface area contributed by atoms with E-state index in [9.17, 15) is 4.39 Å². The molecule has 0 amide bonds. The second-order valence-electron chi connectivity index (χ2n) is 4.24. The van der Waals surface area contributed by atoms with E-state index in [2.05, 4.69) is 9.97 Å². The molecule has 0 saturated heterocycles. The molecule has 1 aromatic heterocycles. The molecule has 0 aliphatic carbocycles. The molecule has 0 aliphatic heterocycles. The summed E-state index contributed by atoms with van der Waals surface area (Å²) in [7, 11) is 0. The Hall–Kier alpha value is -1.68. The number of hydrogen-bond donors (Lipinski definition) is 0. The Morgan fingerprint density at radius 2 is 2.05 bits per heavy atom. The minimum atomic E-state index is -0.251. The zero-order valence-electron chi connectivity index (χ0n) is 10.9. The Labute approximate surface area is 117 Å². The van der Waals surface area contributed by atoms with Crippen LogP contribution >= 0.6 is 11.6 Å². The molecule has 2 aromatic rings. The van der Waals surface area contributed by atoms with E-state index in [1.54, 1.807) is 12.1 Å². The maximum Gasteiger partial charge on any atom is 0.149 e. The van der Waals surface area contributed by atoms with Gasteiger partial charge in [0.05, 0.1) is 6.54 Å². The van der Waals surface area contributed by atoms with Crippen molar-refractivity contribution in [3.8, 4) is 0 Å². The first-order chi connectivity index (χ1) is 9.08. The second kappa shape index (κ2) is 5.97. The number of rotatable bonds is 4. The van der Waals surface area contributed by atoms with Crippen molar-refractivity contribution < 1.29 is 4.39 Å². The van der Waals surface area contributed by atoms with Gasteiger partial charge in [-0.25, -0.2) is 14.4 Å². The monoisotopic (exact) mass is 279 g/mol. The third-order valence-electron chi connectivity index (χ3n) is 2.76. The van der Waals surface area contributed by atoms with Crippen molar-refractivity contribution in [2.24, 2.45) is 0 Å². The number of anilines is 1. The summed E-state index contributed by atoms with van der Waals surface area (Å²) in [5, 5.41) is 0.429. The fourth-order valence-corrected chi connectivity index (χ4v) is 2.14. The molecule has 0 bridgehead atoms. The van der Waals surface area contributed by atoms with E-state index in [-0.39, 0.29) is 5.82 Å². The first kappa shape index (κ1) is 13.7. The highest BCUT2D eigenvalue weighted by atomic mass is 35.5. The molecule has 5 heteroatoms. The molecule has 100 valence electrons. The van der Waals surface area contributed by atoms with Crippen molar-refractivity contribution in [3.05, 3.63) is 52.8 Å². The summed E-state index contributed by atoms with van der Waals surface area (Å²) in [5.74, 6) is 0.384. The molecule has 1 heterocycles. The Balaban J connectivity index is 2.23. The minimum absolute atomic E-state index is 0.251. The number of aromatic nitrogens is 2. The van der Waals surface area contributed by atoms with Gasteiger partial charge in [-0.1, -0.05) is 17.7 Å². The number of halogens is 2. The van der Waals surface area contributed by atoms with Crippen LogP contribution in [0.3, 0.4) is 0 Å². The van der Waals surface area contributed by atoms with Crippen LogP contribution in [0.4, 0.5) is 10.1 Å². The number of benzene rings is 1. The molecule has 0 N–H and O–H groups in total. The van der Waals surface area contributed by atoms with Gasteiger partial charge in [0.2, 0.25) is 0 Å². The standard InChI is InChI=1S/C14H15ClFN3/c1-3-19(12-6-4-5-11(16)8-12)9-14-17-10(2)7-13(15)18-14/h4-8H,3,9H2,1-2H3. The minimum Gasteiger partial charge on any atom is -0.364 e. The van der Waals surface area contributed by atoms with Crippen molar-refractivity contribution in [1.29, 1.82) is 0 Å². The second-order valence-corrected chi connectivity index (χ2v) is 4.63. The van der Waals surface area contributed by atoms with Gasteiger partial charge in [0.25, 0.3) is 0 Å². The van der Waals surface area contributed by atoms with E-state index in [1.807, 2.05) is 24.8 Å². The van der Waals surface area contributed by atoms with Crippen LogP contribution in [-0.2, 0) is 6.54 Å². The van der Waals surface area contributed by atoms with Gasteiger partial charge in [-0.3, -0.25) is 0 Å². The molecule has 0 atom stereocenters. The summed E-state index contributed by atoms with van der Waals surface area (Å²) >= 11 is 5.92. The lowest BCUT2D eigenvalue weighted by Crippen LogP contribution is -2.23. The van der Waals surface area contributed by atoms with E-state index in [4.69, 9.17) is 11.6 Å². The van der Waals surface area contributed by atoms with Gasteiger partial charge in [-0.2, -0.15) is 0 Å². The first-order valence-corrected chi connectivity index (χ1v) is 6.47. The van der Waals surface area contributed by atoms with Gasteiger partial charge in [0, 0.05) is 17.9 Å². The molecule has 3 nitrogen and oxygen atoms in total. The molecular weight excluding hydrogens is 265 g/mol. The summed E-state index contributed by atoms with van der Waals surface area (Å²) in [6.07, 6.45) is 0. The zero-order chi connectivity index (χ0) is 13.8. The first-order valence-electron chi connectivity index (χ1n) is 6.09. The summed E-state index contributed by atoms with van der Waals surface area (Å²) in [6.45, 7) is 5.11. The molecule has 0 aliphatic rings. The van der Waals surface area contributed by atoms with Crippen molar-refractivity contribution in [2.75, 3.05) is 11.4 Å². The predicted molar refractivity (Wildman–Crippen MR) is 74.9 cm³/mol. The lowest BCUT2D eigenvalue weighted by molar-refractivity contribution is 0.626. The summed E-state index contributed by atoms with van der Waals surface area (Å²) in [5.41, 5.74) is 1.63. The molecule has 0 spiro atoms. The molecule has 19 heavy (non-hydrogen) atoms. The Bertz CT molecular complexity index is 554. The fourth-order valence-electron chi connectivity index (χ4n) is 1.89. The molecule has 0 fully saturated rings. The van der Waals surface area contributed by atoms with Crippen LogP contribution < -0.4 is 4.90 Å². The molecule has 0 saturated carbocycles.